The molecule has 0 bridgehead atoms. The lowest BCUT2D eigenvalue weighted by atomic mass is 9.80. The number of aromatic amines is 1. The average molecular weight is 262 g/mol. The molecule has 2 aliphatic rings. The minimum Gasteiger partial charge on any atom is -0.303 e. The van der Waals surface area contributed by atoms with Crippen LogP contribution in [-0.4, -0.2) is 39.7 Å². The summed E-state index contributed by atoms with van der Waals surface area (Å²) in [5.41, 5.74) is 0. The molecule has 1 N–H and O–H groups in total. The predicted molar refractivity (Wildman–Crippen MR) is 75.9 cm³/mol. The Hall–Kier alpha value is -0.900. The van der Waals surface area contributed by atoms with Crippen LogP contribution in [0.15, 0.2) is 6.33 Å². The van der Waals surface area contributed by atoms with E-state index in [-0.39, 0.29) is 0 Å². The van der Waals surface area contributed by atoms with Gasteiger partial charge in [0.25, 0.3) is 0 Å². The summed E-state index contributed by atoms with van der Waals surface area (Å²) in [6.45, 7) is 6.23. The summed E-state index contributed by atoms with van der Waals surface area (Å²) in [5.74, 6) is 3.56. The lowest BCUT2D eigenvalue weighted by molar-refractivity contribution is 0.134. The molecule has 2 atom stereocenters. The summed E-state index contributed by atoms with van der Waals surface area (Å²) in [6, 6.07) is 0. The second-order valence-electron chi connectivity index (χ2n) is 6.47. The van der Waals surface area contributed by atoms with E-state index in [4.69, 9.17) is 0 Å². The molecule has 1 saturated carbocycles. The molecule has 1 aromatic rings. The van der Waals surface area contributed by atoms with E-state index in [2.05, 4.69) is 27.0 Å². The molecule has 0 radical (unpaired) electrons. The smallest absolute Gasteiger partial charge is 0.137 e. The summed E-state index contributed by atoms with van der Waals surface area (Å²) in [7, 11) is 0. The Morgan fingerprint density at radius 3 is 2.68 bits per heavy atom. The first-order valence-electron chi connectivity index (χ1n) is 7.90. The van der Waals surface area contributed by atoms with Crippen LogP contribution in [0.2, 0.25) is 0 Å². The highest BCUT2D eigenvalue weighted by molar-refractivity contribution is 4.96. The van der Waals surface area contributed by atoms with E-state index in [1.165, 1.54) is 58.2 Å². The molecule has 0 unspecified atom stereocenters. The van der Waals surface area contributed by atoms with Crippen LogP contribution in [0, 0.1) is 11.8 Å². The first-order chi connectivity index (χ1) is 9.33. The molecular weight excluding hydrogens is 236 g/mol. The molecule has 1 aliphatic carbocycles. The molecular formula is C15H26N4. The first kappa shape index (κ1) is 13.1. The van der Waals surface area contributed by atoms with Gasteiger partial charge in [0.05, 0.1) is 0 Å². The fourth-order valence-corrected chi connectivity index (χ4v) is 3.80. The second kappa shape index (κ2) is 6.04. The number of nitrogens with zero attached hydrogens (tertiary/aromatic N) is 3. The Morgan fingerprint density at radius 1 is 1.21 bits per heavy atom. The number of rotatable bonds is 3. The Morgan fingerprint density at radius 2 is 2.00 bits per heavy atom. The lowest BCUT2D eigenvalue weighted by Crippen LogP contribution is -2.39. The molecule has 4 nitrogen and oxygen atoms in total. The fraction of sp³-hybridized carbons (Fsp3) is 0.867. The van der Waals surface area contributed by atoms with E-state index in [0.717, 1.165) is 17.7 Å². The highest BCUT2D eigenvalue weighted by Crippen LogP contribution is 2.32. The van der Waals surface area contributed by atoms with E-state index in [9.17, 15) is 0 Å². The lowest BCUT2D eigenvalue weighted by Gasteiger charge is -2.37. The maximum absolute atomic E-state index is 4.31. The van der Waals surface area contributed by atoms with Crippen LogP contribution in [0.25, 0.3) is 0 Å². The van der Waals surface area contributed by atoms with Gasteiger partial charge < -0.3 is 4.90 Å². The quantitative estimate of drug-likeness (QED) is 0.911. The van der Waals surface area contributed by atoms with Gasteiger partial charge in [-0.3, -0.25) is 5.10 Å². The van der Waals surface area contributed by atoms with Crippen molar-refractivity contribution in [2.24, 2.45) is 11.8 Å². The third kappa shape index (κ3) is 3.16. The fourth-order valence-electron chi connectivity index (χ4n) is 3.80. The largest absolute Gasteiger partial charge is 0.303 e. The molecule has 0 aromatic carbocycles. The molecule has 2 fully saturated rings. The molecule has 1 saturated heterocycles. The van der Waals surface area contributed by atoms with Crippen molar-refractivity contribution in [2.75, 3.05) is 19.6 Å². The van der Waals surface area contributed by atoms with Gasteiger partial charge in [0.15, 0.2) is 0 Å². The molecule has 4 heteroatoms. The normalized spacial score (nSPS) is 30.6. The maximum Gasteiger partial charge on any atom is 0.137 e. The van der Waals surface area contributed by atoms with Crippen molar-refractivity contribution in [1.29, 1.82) is 0 Å². The van der Waals surface area contributed by atoms with Gasteiger partial charge in [-0.15, -0.1) is 0 Å². The van der Waals surface area contributed by atoms with E-state index in [1.54, 1.807) is 6.33 Å². The number of nitrogens with one attached hydrogen (secondary N) is 1. The Bertz CT molecular complexity index is 368. The van der Waals surface area contributed by atoms with Crippen LogP contribution in [0.5, 0.6) is 0 Å². The topological polar surface area (TPSA) is 44.8 Å². The van der Waals surface area contributed by atoms with E-state index in [1.807, 2.05) is 0 Å². The molecule has 106 valence electrons. The number of hydrogen-bond donors (Lipinski definition) is 1. The SMILES string of the molecule is C[C@@H]1CCCC[C@H]1CN1CCC(c2ncn[nH]2)CC1. The Balaban J connectivity index is 1.47. The molecule has 1 aliphatic heterocycles. The molecule has 0 amide bonds. The van der Waals surface area contributed by atoms with Gasteiger partial charge in [-0.25, -0.2) is 4.98 Å². The monoisotopic (exact) mass is 262 g/mol. The summed E-state index contributed by atoms with van der Waals surface area (Å²) in [4.78, 5) is 6.99. The molecule has 19 heavy (non-hydrogen) atoms. The van der Waals surface area contributed by atoms with E-state index < -0.39 is 0 Å². The summed E-state index contributed by atoms with van der Waals surface area (Å²) >= 11 is 0. The van der Waals surface area contributed by atoms with Gasteiger partial charge in [0, 0.05) is 12.5 Å². The van der Waals surface area contributed by atoms with Crippen LogP contribution in [0.3, 0.4) is 0 Å². The summed E-state index contributed by atoms with van der Waals surface area (Å²) < 4.78 is 0. The number of H-pyrrole nitrogens is 1. The second-order valence-corrected chi connectivity index (χ2v) is 6.47. The molecule has 2 heterocycles. The molecule has 0 spiro atoms. The van der Waals surface area contributed by atoms with Crippen LogP contribution < -0.4 is 0 Å². The van der Waals surface area contributed by atoms with Crippen molar-refractivity contribution in [3.8, 4) is 0 Å². The number of aromatic nitrogens is 3. The van der Waals surface area contributed by atoms with Crippen LogP contribution in [0.4, 0.5) is 0 Å². The highest BCUT2D eigenvalue weighted by Gasteiger charge is 2.27. The zero-order valence-corrected chi connectivity index (χ0v) is 12.0. The van der Waals surface area contributed by atoms with Crippen molar-refractivity contribution in [3.05, 3.63) is 12.2 Å². The minimum atomic E-state index is 0.600. The van der Waals surface area contributed by atoms with Gasteiger partial charge in [-0.1, -0.05) is 26.2 Å². The Kier molecular flexibility index (Phi) is 4.16. The first-order valence-corrected chi connectivity index (χ1v) is 7.90. The van der Waals surface area contributed by atoms with Gasteiger partial charge >= 0.3 is 0 Å². The zero-order valence-electron chi connectivity index (χ0n) is 12.0. The van der Waals surface area contributed by atoms with Gasteiger partial charge in [-0.05, 0) is 44.2 Å². The van der Waals surface area contributed by atoms with Gasteiger partial charge in [-0.2, -0.15) is 5.10 Å². The zero-order chi connectivity index (χ0) is 13.1. The van der Waals surface area contributed by atoms with Crippen molar-refractivity contribution < 1.29 is 0 Å². The highest BCUT2D eigenvalue weighted by atomic mass is 15.2. The number of likely N-dealkylation sites (tertiary alicyclic amines) is 1. The predicted octanol–water partition coefficient (Wildman–Crippen LogP) is 2.81. The van der Waals surface area contributed by atoms with Crippen LogP contribution in [-0.2, 0) is 0 Å². The van der Waals surface area contributed by atoms with Crippen molar-refractivity contribution in [1.82, 2.24) is 20.1 Å². The van der Waals surface area contributed by atoms with Crippen molar-refractivity contribution in [2.45, 2.75) is 51.4 Å². The van der Waals surface area contributed by atoms with E-state index >= 15 is 0 Å². The summed E-state index contributed by atoms with van der Waals surface area (Å²) in [5, 5.41) is 7.00. The number of hydrogen-bond acceptors (Lipinski definition) is 3. The van der Waals surface area contributed by atoms with Crippen LogP contribution >= 0.6 is 0 Å². The third-order valence-electron chi connectivity index (χ3n) is 5.19. The van der Waals surface area contributed by atoms with Crippen molar-refractivity contribution >= 4 is 0 Å². The van der Waals surface area contributed by atoms with Crippen LogP contribution in [0.1, 0.15) is 57.2 Å². The third-order valence-corrected chi connectivity index (χ3v) is 5.19. The molecule has 1 aromatic heterocycles. The molecule has 3 rings (SSSR count). The van der Waals surface area contributed by atoms with E-state index in [0.29, 0.717) is 5.92 Å². The van der Waals surface area contributed by atoms with Crippen molar-refractivity contribution in [3.63, 3.8) is 0 Å². The maximum atomic E-state index is 4.31. The number of piperidine rings is 1. The summed E-state index contributed by atoms with van der Waals surface area (Å²) in [6.07, 6.45) is 9.88. The average Bonchev–Trinajstić information content (AvgIpc) is 2.96. The Labute approximate surface area is 116 Å². The van der Waals surface area contributed by atoms with Gasteiger partial charge in [0.1, 0.15) is 12.2 Å². The standard InChI is InChI=1S/C15H26N4/c1-12-4-2-3-5-14(12)10-19-8-6-13(7-9-19)15-16-11-17-18-15/h11-14H,2-10H2,1H3,(H,16,17,18)/t12-,14+/m1/s1. The minimum absolute atomic E-state index is 0.600. The van der Waals surface area contributed by atoms with Gasteiger partial charge in [0.2, 0.25) is 0 Å².